The molecule has 2 N–H and O–H groups in total. The van der Waals surface area contributed by atoms with Crippen LogP contribution in [-0.2, 0) is 13.1 Å². The number of halogens is 2. The van der Waals surface area contributed by atoms with Crippen molar-refractivity contribution in [3.05, 3.63) is 67.0 Å². The smallest absolute Gasteiger partial charge is 0.330 e. The molecule has 0 unspecified atom stereocenters. The van der Waals surface area contributed by atoms with Gasteiger partial charge in [-0.2, -0.15) is 5.10 Å². The van der Waals surface area contributed by atoms with Gasteiger partial charge in [0.25, 0.3) is 5.56 Å². The second kappa shape index (κ2) is 7.29. The van der Waals surface area contributed by atoms with Gasteiger partial charge >= 0.3 is 5.69 Å². The first kappa shape index (κ1) is 18.5. The Bertz CT molecular complexity index is 1280. The summed E-state index contributed by atoms with van der Waals surface area (Å²) in [6.45, 7) is 2.67. The van der Waals surface area contributed by atoms with E-state index < -0.39 is 11.2 Å². The Morgan fingerprint density at radius 2 is 2.00 bits per heavy atom. The van der Waals surface area contributed by atoms with Crippen LogP contribution in [-0.4, -0.2) is 29.3 Å². The van der Waals surface area contributed by atoms with Gasteiger partial charge < -0.3 is 4.98 Å². The molecule has 4 rings (SSSR count). The summed E-state index contributed by atoms with van der Waals surface area (Å²) in [4.78, 5) is 34.6. The molecule has 0 amide bonds. The summed E-state index contributed by atoms with van der Waals surface area (Å²) >= 11 is 12.2. The molecule has 0 saturated heterocycles. The van der Waals surface area contributed by atoms with Gasteiger partial charge in [-0.3, -0.25) is 19.0 Å². The first-order valence-corrected chi connectivity index (χ1v) is 9.41. The third-order valence-corrected chi connectivity index (χ3v) is 4.93. The van der Waals surface area contributed by atoms with Crippen LogP contribution in [0.2, 0.25) is 10.0 Å². The van der Waals surface area contributed by atoms with E-state index in [0.29, 0.717) is 40.9 Å². The normalized spacial score (nSPS) is 11.4. The van der Waals surface area contributed by atoms with Gasteiger partial charge in [-0.1, -0.05) is 30.1 Å². The summed E-state index contributed by atoms with van der Waals surface area (Å²) in [5, 5.41) is 5.51. The highest BCUT2D eigenvalue weighted by Crippen LogP contribution is 2.22. The number of aromatic amines is 2. The van der Waals surface area contributed by atoms with Gasteiger partial charge in [0.15, 0.2) is 5.65 Å². The molecule has 144 valence electrons. The number of imidazole rings is 1. The van der Waals surface area contributed by atoms with Crippen LogP contribution in [0.4, 0.5) is 0 Å². The summed E-state index contributed by atoms with van der Waals surface area (Å²) in [5.41, 5.74) is 1.13. The SMILES string of the molecule is CCCn1c(=O)[nH]c2nc(-c3cnn(Cc4cc(Cl)ccc4Cl)c3)[nH]c2c1=O. The molecule has 3 heterocycles. The first-order chi connectivity index (χ1) is 13.5. The fourth-order valence-electron chi connectivity index (χ4n) is 2.99. The summed E-state index contributed by atoms with van der Waals surface area (Å²) < 4.78 is 2.85. The number of H-pyrrole nitrogens is 2. The monoisotopic (exact) mass is 418 g/mol. The van der Waals surface area contributed by atoms with E-state index in [1.165, 1.54) is 0 Å². The fourth-order valence-corrected chi connectivity index (χ4v) is 3.36. The fraction of sp³-hybridized carbons (Fsp3) is 0.222. The molecule has 0 spiro atoms. The van der Waals surface area contributed by atoms with E-state index in [2.05, 4.69) is 20.1 Å². The van der Waals surface area contributed by atoms with Crippen LogP contribution in [0.25, 0.3) is 22.6 Å². The van der Waals surface area contributed by atoms with Gasteiger partial charge in [0.1, 0.15) is 11.3 Å². The van der Waals surface area contributed by atoms with Gasteiger partial charge in [-0.05, 0) is 30.2 Å². The molecule has 0 atom stereocenters. The number of rotatable bonds is 5. The lowest BCUT2D eigenvalue weighted by atomic mass is 10.2. The molecule has 28 heavy (non-hydrogen) atoms. The van der Waals surface area contributed by atoms with Crippen LogP contribution >= 0.6 is 23.2 Å². The Hall–Kier alpha value is -2.84. The number of aromatic nitrogens is 6. The van der Waals surface area contributed by atoms with Crippen molar-refractivity contribution in [3.63, 3.8) is 0 Å². The Morgan fingerprint density at radius 1 is 1.18 bits per heavy atom. The third-order valence-electron chi connectivity index (χ3n) is 4.33. The van der Waals surface area contributed by atoms with Gasteiger partial charge in [-0.15, -0.1) is 0 Å². The number of hydrogen-bond acceptors (Lipinski definition) is 4. The highest BCUT2D eigenvalue weighted by atomic mass is 35.5. The van der Waals surface area contributed by atoms with Gasteiger partial charge in [0.2, 0.25) is 0 Å². The van der Waals surface area contributed by atoms with Crippen molar-refractivity contribution < 1.29 is 0 Å². The molecular formula is C18H16Cl2N6O2. The Morgan fingerprint density at radius 3 is 2.79 bits per heavy atom. The van der Waals surface area contributed by atoms with E-state index in [9.17, 15) is 9.59 Å². The summed E-state index contributed by atoms with van der Waals surface area (Å²) in [5.74, 6) is 0.445. The molecule has 0 aliphatic carbocycles. The lowest BCUT2D eigenvalue weighted by Crippen LogP contribution is -2.34. The highest BCUT2D eigenvalue weighted by molar-refractivity contribution is 6.33. The summed E-state index contributed by atoms with van der Waals surface area (Å²) in [7, 11) is 0. The van der Waals surface area contributed by atoms with Crippen LogP contribution in [0.3, 0.4) is 0 Å². The van der Waals surface area contributed by atoms with E-state index in [1.54, 1.807) is 35.3 Å². The first-order valence-electron chi connectivity index (χ1n) is 8.66. The molecule has 3 aromatic heterocycles. The van der Waals surface area contributed by atoms with Crippen LogP contribution in [0.5, 0.6) is 0 Å². The average Bonchev–Trinajstić information content (AvgIpc) is 3.29. The molecular weight excluding hydrogens is 403 g/mol. The minimum Gasteiger partial charge on any atom is -0.332 e. The third kappa shape index (κ3) is 3.36. The molecule has 4 aromatic rings. The zero-order valence-electron chi connectivity index (χ0n) is 14.9. The van der Waals surface area contributed by atoms with Crippen molar-refractivity contribution >= 4 is 34.4 Å². The topological polar surface area (TPSA) is 101 Å². The zero-order valence-corrected chi connectivity index (χ0v) is 16.4. The van der Waals surface area contributed by atoms with Crippen molar-refractivity contribution in [2.45, 2.75) is 26.4 Å². The Balaban J connectivity index is 1.69. The van der Waals surface area contributed by atoms with Gasteiger partial charge in [0, 0.05) is 22.8 Å². The molecule has 0 radical (unpaired) electrons. The lowest BCUT2D eigenvalue weighted by molar-refractivity contribution is 0.622. The molecule has 0 bridgehead atoms. The second-order valence-corrected chi connectivity index (χ2v) is 7.20. The Kier molecular flexibility index (Phi) is 4.82. The summed E-state index contributed by atoms with van der Waals surface area (Å²) in [6, 6.07) is 5.25. The standard InChI is InChI=1S/C18H16Cl2N6O2/c1-2-5-26-17(27)14-16(24-18(26)28)23-15(22-14)11-7-21-25(9-11)8-10-6-12(19)3-4-13(10)20/h3-4,6-7,9H,2,5,8H2,1H3,(H,22,23)(H,24,28). The van der Waals surface area contributed by atoms with Crippen molar-refractivity contribution in [3.8, 4) is 11.4 Å². The van der Waals surface area contributed by atoms with Crippen molar-refractivity contribution in [1.29, 1.82) is 0 Å². The highest BCUT2D eigenvalue weighted by Gasteiger charge is 2.14. The maximum absolute atomic E-state index is 12.5. The number of fused-ring (bicyclic) bond motifs is 1. The molecule has 0 fully saturated rings. The molecule has 1 aromatic carbocycles. The predicted octanol–water partition coefficient (Wildman–Crippen LogP) is 3.04. The maximum Gasteiger partial charge on any atom is 0.330 e. The van der Waals surface area contributed by atoms with Crippen molar-refractivity contribution in [1.82, 2.24) is 29.3 Å². The predicted molar refractivity (Wildman–Crippen MR) is 108 cm³/mol. The Labute approximate surface area is 168 Å². The number of nitrogens with one attached hydrogen (secondary N) is 2. The molecule has 0 saturated carbocycles. The average molecular weight is 419 g/mol. The van der Waals surface area contributed by atoms with Gasteiger partial charge in [0.05, 0.1) is 18.3 Å². The molecule has 8 nitrogen and oxygen atoms in total. The van der Waals surface area contributed by atoms with Gasteiger partial charge in [-0.25, -0.2) is 9.78 Å². The molecule has 0 aliphatic rings. The molecule has 10 heteroatoms. The van der Waals surface area contributed by atoms with Crippen molar-refractivity contribution in [2.24, 2.45) is 0 Å². The molecule has 0 aliphatic heterocycles. The number of hydrogen-bond donors (Lipinski definition) is 2. The quantitative estimate of drug-likeness (QED) is 0.519. The summed E-state index contributed by atoms with van der Waals surface area (Å²) in [6.07, 6.45) is 4.07. The number of nitrogens with zero attached hydrogens (tertiary/aromatic N) is 4. The number of benzene rings is 1. The van der Waals surface area contributed by atoms with Crippen LogP contribution in [0, 0.1) is 0 Å². The maximum atomic E-state index is 12.5. The zero-order chi connectivity index (χ0) is 19.8. The van der Waals surface area contributed by atoms with E-state index in [-0.39, 0.29) is 11.2 Å². The van der Waals surface area contributed by atoms with Crippen LogP contribution in [0.15, 0.2) is 40.2 Å². The van der Waals surface area contributed by atoms with E-state index in [4.69, 9.17) is 23.2 Å². The lowest BCUT2D eigenvalue weighted by Gasteiger charge is -2.04. The second-order valence-electron chi connectivity index (χ2n) is 6.36. The van der Waals surface area contributed by atoms with E-state index in [0.717, 1.165) is 10.1 Å². The van der Waals surface area contributed by atoms with Crippen LogP contribution < -0.4 is 11.2 Å². The van der Waals surface area contributed by atoms with E-state index in [1.807, 2.05) is 6.92 Å². The largest absolute Gasteiger partial charge is 0.332 e. The minimum atomic E-state index is -0.469. The minimum absolute atomic E-state index is 0.225. The van der Waals surface area contributed by atoms with Crippen LogP contribution in [0.1, 0.15) is 18.9 Å². The van der Waals surface area contributed by atoms with Crippen molar-refractivity contribution in [2.75, 3.05) is 0 Å². The van der Waals surface area contributed by atoms with E-state index >= 15 is 0 Å².